The molecule has 0 radical (unpaired) electrons. The maximum atomic E-state index is 10.5. The number of hydrogen-bond donors (Lipinski definition) is 2. The zero-order valence-corrected chi connectivity index (χ0v) is 14.7. The minimum absolute atomic E-state index is 0.353. The first-order chi connectivity index (χ1) is 11.0. The van der Waals surface area contributed by atoms with Crippen molar-refractivity contribution >= 4 is 11.9 Å². The predicted molar refractivity (Wildman–Crippen MR) is 95.7 cm³/mol. The van der Waals surface area contributed by atoms with Gasteiger partial charge in [0, 0.05) is 11.6 Å². The van der Waals surface area contributed by atoms with Gasteiger partial charge in [-0.15, -0.1) is 0 Å². The molecule has 0 aliphatic rings. The maximum Gasteiger partial charge on any atom is 0.330 e. The van der Waals surface area contributed by atoms with Crippen LogP contribution < -0.4 is 0 Å². The van der Waals surface area contributed by atoms with Gasteiger partial charge in [-0.1, -0.05) is 84.3 Å². The van der Waals surface area contributed by atoms with E-state index in [0.717, 1.165) is 18.9 Å². The van der Waals surface area contributed by atoms with Gasteiger partial charge in [-0.3, -0.25) is 0 Å². The smallest absolute Gasteiger partial charge is 0.330 e. The quantitative estimate of drug-likeness (QED) is 0.322. The number of carbonyl (C=O) groups is 2. The fourth-order valence-corrected chi connectivity index (χ4v) is 2.11. The third kappa shape index (κ3) is 22.8. The molecule has 0 bridgehead atoms. The molecule has 0 fully saturated rings. The first kappa shape index (κ1) is 23.7. The van der Waals surface area contributed by atoms with Crippen LogP contribution in [0.1, 0.15) is 84.0 Å². The van der Waals surface area contributed by atoms with Crippen LogP contribution in [0.5, 0.6) is 0 Å². The van der Waals surface area contributed by atoms with Crippen LogP contribution in [0.15, 0.2) is 24.8 Å². The van der Waals surface area contributed by atoms with Crippen LogP contribution in [0.4, 0.5) is 0 Å². The fourth-order valence-electron chi connectivity index (χ4n) is 2.11. The molecule has 0 atom stereocenters. The lowest BCUT2D eigenvalue weighted by molar-refractivity contribution is -0.133. The van der Waals surface area contributed by atoms with E-state index >= 15 is 0 Å². The van der Waals surface area contributed by atoms with Gasteiger partial charge in [-0.05, 0) is 12.8 Å². The van der Waals surface area contributed by atoms with Gasteiger partial charge >= 0.3 is 11.9 Å². The Morgan fingerprint density at radius 3 is 1.48 bits per heavy atom. The maximum absolute atomic E-state index is 10.5. The average molecular weight is 326 g/mol. The summed E-state index contributed by atoms with van der Waals surface area (Å²) in [5, 5.41) is 16.2. The van der Waals surface area contributed by atoms with Gasteiger partial charge in [0.25, 0.3) is 0 Å². The molecule has 0 heterocycles. The molecule has 0 saturated heterocycles. The second-order valence-corrected chi connectivity index (χ2v) is 5.74. The van der Waals surface area contributed by atoms with E-state index in [0.29, 0.717) is 12.0 Å². The van der Waals surface area contributed by atoms with Crippen molar-refractivity contribution in [1.82, 2.24) is 0 Å². The van der Waals surface area contributed by atoms with Gasteiger partial charge < -0.3 is 10.2 Å². The normalized spacial score (nSPS) is 9.61. The van der Waals surface area contributed by atoms with Crippen LogP contribution in [0, 0.1) is 0 Å². The van der Waals surface area contributed by atoms with Gasteiger partial charge in [0.05, 0.1) is 0 Å². The summed E-state index contributed by atoms with van der Waals surface area (Å²) >= 11 is 0. The van der Waals surface area contributed by atoms with Gasteiger partial charge in [0.2, 0.25) is 0 Å². The monoisotopic (exact) mass is 326 g/mol. The number of hydrogen-bond acceptors (Lipinski definition) is 2. The molecule has 134 valence electrons. The Labute approximate surface area is 141 Å². The van der Waals surface area contributed by atoms with E-state index in [1.165, 1.54) is 57.8 Å². The number of aliphatic carboxylic acids is 2. The molecule has 0 unspecified atom stereocenters. The molecule has 0 spiro atoms. The summed E-state index contributed by atoms with van der Waals surface area (Å²) < 4.78 is 0. The van der Waals surface area contributed by atoms with Gasteiger partial charge in [0.1, 0.15) is 0 Å². The van der Waals surface area contributed by atoms with Crippen molar-refractivity contribution in [3.63, 3.8) is 0 Å². The molecular weight excluding hydrogens is 292 g/mol. The molecule has 2 N–H and O–H groups in total. The average Bonchev–Trinajstić information content (AvgIpc) is 2.52. The van der Waals surface area contributed by atoms with E-state index in [2.05, 4.69) is 20.1 Å². The summed E-state index contributed by atoms with van der Waals surface area (Å²) in [6.07, 6.45) is 15.7. The lowest BCUT2D eigenvalue weighted by atomic mass is 10.0. The van der Waals surface area contributed by atoms with Crippen LogP contribution >= 0.6 is 0 Å². The zero-order valence-electron chi connectivity index (χ0n) is 14.7. The third-order valence-electron chi connectivity index (χ3n) is 3.56. The highest BCUT2D eigenvalue weighted by atomic mass is 16.4. The first-order valence-electron chi connectivity index (χ1n) is 8.72. The van der Waals surface area contributed by atoms with Crippen molar-refractivity contribution in [3.05, 3.63) is 24.8 Å². The summed E-state index contributed by atoms with van der Waals surface area (Å²) in [4.78, 5) is 19.8. The molecule has 23 heavy (non-hydrogen) atoms. The van der Waals surface area contributed by atoms with E-state index in [1.807, 2.05) is 0 Å². The molecule has 0 rings (SSSR count). The molecule has 4 heteroatoms. The van der Waals surface area contributed by atoms with E-state index in [1.54, 1.807) is 0 Å². The highest BCUT2D eigenvalue weighted by molar-refractivity contribution is 5.85. The Morgan fingerprint density at radius 2 is 1.17 bits per heavy atom. The molecule has 0 aliphatic carbocycles. The SMILES string of the molecule is C=C(CCCCCCCCCCCCC)C(=O)O.C=CC(=O)O. The van der Waals surface area contributed by atoms with Crippen LogP contribution in [0.25, 0.3) is 0 Å². The second kappa shape index (κ2) is 18.5. The molecule has 0 aromatic carbocycles. The molecule has 4 nitrogen and oxygen atoms in total. The number of carboxylic acid groups (broad SMARTS) is 2. The minimum Gasteiger partial charge on any atom is -0.478 e. The van der Waals surface area contributed by atoms with Crippen LogP contribution in [0.2, 0.25) is 0 Å². The Morgan fingerprint density at radius 1 is 0.826 bits per heavy atom. The second-order valence-electron chi connectivity index (χ2n) is 5.74. The standard InChI is InChI=1S/C16H30O2.C3H4O2/c1-3-4-5-6-7-8-9-10-11-12-13-14-15(2)16(17)18;1-2-3(4)5/h2-14H2,1H3,(H,17,18);2H,1H2,(H,4,5). The molecule has 0 saturated carbocycles. The highest BCUT2D eigenvalue weighted by Gasteiger charge is 2.02. The van der Waals surface area contributed by atoms with E-state index in [-0.39, 0.29) is 0 Å². The summed E-state index contributed by atoms with van der Waals surface area (Å²) in [7, 11) is 0. The van der Waals surface area contributed by atoms with E-state index in [9.17, 15) is 9.59 Å². The van der Waals surface area contributed by atoms with Crippen molar-refractivity contribution in [2.45, 2.75) is 84.0 Å². The Bertz CT molecular complexity index is 334. The van der Waals surface area contributed by atoms with Crippen molar-refractivity contribution < 1.29 is 19.8 Å². The van der Waals surface area contributed by atoms with E-state index < -0.39 is 11.9 Å². The lowest BCUT2D eigenvalue weighted by Crippen LogP contribution is -1.98. The van der Waals surface area contributed by atoms with Gasteiger partial charge in [-0.2, -0.15) is 0 Å². The summed E-state index contributed by atoms with van der Waals surface area (Å²) in [6.45, 7) is 8.75. The topological polar surface area (TPSA) is 74.6 Å². The third-order valence-corrected chi connectivity index (χ3v) is 3.56. The van der Waals surface area contributed by atoms with Crippen molar-refractivity contribution in [2.75, 3.05) is 0 Å². The Hall–Kier alpha value is -1.58. The first-order valence-corrected chi connectivity index (χ1v) is 8.72. The Kier molecular flexibility index (Phi) is 19.0. The van der Waals surface area contributed by atoms with Gasteiger partial charge in [-0.25, -0.2) is 9.59 Å². The predicted octanol–water partition coefficient (Wildman–Crippen LogP) is 5.59. The van der Waals surface area contributed by atoms with Crippen LogP contribution in [-0.4, -0.2) is 22.2 Å². The largest absolute Gasteiger partial charge is 0.478 e. The van der Waals surface area contributed by atoms with E-state index in [4.69, 9.17) is 10.2 Å². The lowest BCUT2D eigenvalue weighted by Gasteiger charge is -2.02. The zero-order chi connectivity index (χ0) is 17.9. The fraction of sp³-hybridized carbons (Fsp3) is 0.684. The molecule has 0 aliphatic heterocycles. The molecule has 0 aromatic heterocycles. The van der Waals surface area contributed by atoms with Crippen LogP contribution in [-0.2, 0) is 9.59 Å². The summed E-state index contributed by atoms with van der Waals surface area (Å²) in [5.74, 6) is -1.83. The van der Waals surface area contributed by atoms with Gasteiger partial charge in [0.15, 0.2) is 0 Å². The Balaban J connectivity index is 0. The highest BCUT2D eigenvalue weighted by Crippen LogP contribution is 2.13. The molecule has 0 amide bonds. The van der Waals surface area contributed by atoms with Crippen molar-refractivity contribution in [2.24, 2.45) is 0 Å². The number of carboxylic acids is 2. The summed E-state index contributed by atoms with van der Waals surface area (Å²) in [6, 6.07) is 0. The molecule has 0 aromatic rings. The van der Waals surface area contributed by atoms with Crippen molar-refractivity contribution in [3.8, 4) is 0 Å². The van der Waals surface area contributed by atoms with Crippen LogP contribution in [0.3, 0.4) is 0 Å². The van der Waals surface area contributed by atoms with Crippen molar-refractivity contribution in [1.29, 1.82) is 0 Å². The number of rotatable bonds is 14. The molecular formula is C19H34O4. The summed E-state index contributed by atoms with van der Waals surface area (Å²) in [5.41, 5.74) is 0.353. The minimum atomic E-state index is -0.981. The number of unbranched alkanes of at least 4 members (excludes halogenated alkanes) is 10.